The maximum absolute atomic E-state index is 5.62. The fraction of sp³-hybridized carbons (Fsp3) is 1.00. The van der Waals surface area contributed by atoms with Crippen molar-refractivity contribution in [3.05, 3.63) is 0 Å². The second-order valence-corrected chi connectivity index (χ2v) is 4.01. The van der Waals surface area contributed by atoms with Crippen LogP contribution in [0.5, 0.6) is 0 Å². The number of halogens is 2. The molecule has 1 rings (SSSR count). The van der Waals surface area contributed by atoms with Crippen molar-refractivity contribution in [2.24, 2.45) is 0 Å². The zero-order chi connectivity index (χ0) is 8.86. The van der Waals surface area contributed by atoms with Gasteiger partial charge >= 0.3 is 0 Å². The molecule has 1 fully saturated rings. The Bertz CT molecular complexity index is 126. The highest BCUT2D eigenvalue weighted by atomic mass is 79.9. The van der Waals surface area contributed by atoms with Crippen LogP contribution in [-0.4, -0.2) is 30.2 Å². The van der Waals surface area contributed by atoms with Crippen LogP contribution in [0.25, 0.3) is 0 Å². The van der Waals surface area contributed by atoms with Crippen molar-refractivity contribution in [3.63, 3.8) is 0 Å². The molecule has 1 aliphatic rings. The lowest BCUT2D eigenvalue weighted by molar-refractivity contribution is -0.162. The lowest BCUT2D eigenvalue weighted by Gasteiger charge is -2.26. The minimum absolute atomic E-state index is 0.335. The van der Waals surface area contributed by atoms with Gasteiger partial charge in [0, 0.05) is 24.1 Å². The summed E-state index contributed by atoms with van der Waals surface area (Å²) in [6, 6.07) is 0. The number of hydrogen-bond donors (Lipinski definition) is 0. The van der Waals surface area contributed by atoms with E-state index < -0.39 is 0 Å². The Kier molecular flexibility index (Phi) is 4.87. The molecule has 12 heavy (non-hydrogen) atoms. The molecule has 0 aliphatic carbocycles. The van der Waals surface area contributed by atoms with E-state index in [1.165, 1.54) is 0 Å². The monoisotopic (exact) mass is 256 g/mol. The van der Waals surface area contributed by atoms with Crippen LogP contribution >= 0.6 is 27.5 Å². The Labute approximate surface area is 86.7 Å². The summed E-state index contributed by atoms with van der Waals surface area (Å²) in [4.78, 5) is 0. The predicted octanol–water partition coefficient (Wildman–Crippen LogP) is 2.53. The van der Waals surface area contributed by atoms with Crippen molar-refractivity contribution in [2.75, 3.05) is 24.4 Å². The van der Waals surface area contributed by atoms with E-state index in [1.54, 1.807) is 0 Å². The summed E-state index contributed by atoms with van der Waals surface area (Å²) < 4.78 is 11.1. The molecule has 0 radical (unpaired) electrons. The summed E-state index contributed by atoms with van der Waals surface area (Å²) in [5.74, 6) is 0.342. The van der Waals surface area contributed by atoms with Gasteiger partial charge in [0.15, 0.2) is 5.79 Å². The topological polar surface area (TPSA) is 18.5 Å². The Balaban J connectivity index is 2.35. The van der Waals surface area contributed by atoms with Crippen LogP contribution in [0.1, 0.15) is 19.3 Å². The van der Waals surface area contributed by atoms with Crippen molar-refractivity contribution in [1.82, 2.24) is 0 Å². The molecule has 0 unspecified atom stereocenters. The number of hydrogen-bond acceptors (Lipinski definition) is 2. The van der Waals surface area contributed by atoms with Crippen LogP contribution in [-0.2, 0) is 9.47 Å². The van der Waals surface area contributed by atoms with Crippen molar-refractivity contribution < 1.29 is 9.47 Å². The van der Waals surface area contributed by atoms with Gasteiger partial charge in [0.2, 0.25) is 0 Å². The molecule has 1 aliphatic heterocycles. The zero-order valence-corrected chi connectivity index (χ0v) is 9.36. The maximum atomic E-state index is 5.62. The zero-order valence-electron chi connectivity index (χ0n) is 7.02. The number of ether oxygens (including phenoxy) is 2. The highest BCUT2D eigenvalue weighted by Gasteiger charge is 2.34. The Morgan fingerprint density at radius 1 is 1.25 bits per heavy atom. The van der Waals surface area contributed by atoms with Gasteiger partial charge in [-0.25, -0.2) is 0 Å². The van der Waals surface area contributed by atoms with Gasteiger partial charge in [0.1, 0.15) is 0 Å². The molecule has 1 heterocycles. The molecule has 0 N–H and O–H groups in total. The van der Waals surface area contributed by atoms with Gasteiger partial charge in [-0.2, -0.15) is 0 Å². The Morgan fingerprint density at radius 2 is 1.92 bits per heavy atom. The molecule has 0 atom stereocenters. The first-order valence-electron chi connectivity index (χ1n) is 4.23. The van der Waals surface area contributed by atoms with E-state index >= 15 is 0 Å². The summed E-state index contributed by atoms with van der Waals surface area (Å²) >= 11 is 9.01. The lowest BCUT2D eigenvalue weighted by atomic mass is 10.1. The SMILES string of the molecule is ClCCCC1(CCBr)OCCO1. The van der Waals surface area contributed by atoms with E-state index in [-0.39, 0.29) is 5.79 Å². The van der Waals surface area contributed by atoms with Crippen LogP contribution in [0.15, 0.2) is 0 Å². The van der Waals surface area contributed by atoms with E-state index in [2.05, 4.69) is 15.9 Å². The first-order valence-corrected chi connectivity index (χ1v) is 5.88. The largest absolute Gasteiger partial charge is 0.348 e. The molecular formula is C8H14BrClO2. The summed E-state index contributed by atoms with van der Waals surface area (Å²) in [5, 5.41) is 0.912. The smallest absolute Gasteiger partial charge is 0.169 e. The van der Waals surface area contributed by atoms with Crippen molar-refractivity contribution >= 4 is 27.5 Å². The average molecular weight is 258 g/mol. The second-order valence-electron chi connectivity index (χ2n) is 2.84. The van der Waals surface area contributed by atoms with Gasteiger partial charge in [0.25, 0.3) is 0 Å². The quantitative estimate of drug-likeness (QED) is 0.705. The normalized spacial score (nSPS) is 21.5. The van der Waals surface area contributed by atoms with E-state index in [9.17, 15) is 0 Å². The molecule has 72 valence electrons. The molecule has 1 saturated heterocycles. The highest BCUT2D eigenvalue weighted by Crippen LogP contribution is 2.29. The van der Waals surface area contributed by atoms with Gasteiger partial charge in [-0.05, 0) is 6.42 Å². The Hall–Kier alpha value is 0.690. The fourth-order valence-electron chi connectivity index (χ4n) is 1.39. The average Bonchev–Trinajstić information content (AvgIpc) is 2.51. The molecule has 0 saturated carbocycles. The van der Waals surface area contributed by atoms with Crippen LogP contribution in [0, 0.1) is 0 Å². The third-order valence-electron chi connectivity index (χ3n) is 1.98. The summed E-state index contributed by atoms with van der Waals surface area (Å²) in [6.07, 6.45) is 2.76. The van der Waals surface area contributed by atoms with E-state index in [0.717, 1.165) is 37.8 Å². The highest BCUT2D eigenvalue weighted by molar-refractivity contribution is 9.09. The maximum Gasteiger partial charge on any atom is 0.169 e. The lowest BCUT2D eigenvalue weighted by Crippen LogP contribution is -2.30. The molecule has 0 aromatic rings. The van der Waals surface area contributed by atoms with Crippen molar-refractivity contribution in [3.8, 4) is 0 Å². The number of rotatable bonds is 5. The second kappa shape index (κ2) is 5.43. The predicted molar refractivity (Wildman–Crippen MR) is 53.0 cm³/mol. The third-order valence-corrected chi connectivity index (χ3v) is 2.64. The summed E-state index contributed by atoms with van der Waals surface area (Å²) in [6.45, 7) is 1.44. The van der Waals surface area contributed by atoms with Crippen molar-refractivity contribution in [1.29, 1.82) is 0 Å². The first kappa shape index (κ1) is 10.8. The molecule has 2 nitrogen and oxygen atoms in total. The standard InChI is InChI=1S/C8H14BrClO2/c9-4-3-8(2-1-5-10)11-6-7-12-8/h1-7H2. The van der Waals surface area contributed by atoms with E-state index in [4.69, 9.17) is 21.1 Å². The third kappa shape index (κ3) is 2.87. The fourth-order valence-corrected chi connectivity index (χ4v) is 2.13. The molecule has 0 spiro atoms. The van der Waals surface area contributed by atoms with Crippen LogP contribution in [0.4, 0.5) is 0 Å². The van der Waals surface area contributed by atoms with Gasteiger partial charge in [-0.3, -0.25) is 0 Å². The van der Waals surface area contributed by atoms with Gasteiger partial charge < -0.3 is 9.47 Å². The summed E-state index contributed by atoms with van der Waals surface area (Å²) in [7, 11) is 0. The minimum atomic E-state index is -0.335. The molecule has 4 heteroatoms. The molecule has 0 aromatic carbocycles. The number of alkyl halides is 2. The van der Waals surface area contributed by atoms with E-state index in [0.29, 0.717) is 5.88 Å². The van der Waals surface area contributed by atoms with E-state index in [1.807, 2.05) is 0 Å². The molecule has 0 aromatic heterocycles. The Morgan fingerprint density at radius 3 is 2.42 bits per heavy atom. The first-order chi connectivity index (χ1) is 5.83. The molecule has 0 bridgehead atoms. The summed E-state index contributed by atoms with van der Waals surface area (Å²) in [5.41, 5.74) is 0. The van der Waals surface area contributed by atoms with Crippen LogP contribution in [0.2, 0.25) is 0 Å². The molecule has 0 amide bonds. The van der Waals surface area contributed by atoms with Crippen LogP contribution < -0.4 is 0 Å². The van der Waals surface area contributed by atoms with Gasteiger partial charge in [-0.15, -0.1) is 11.6 Å². The minimum Gasteiger partial charge on any atom is -0.348 e. The van der Waals surface area contributed by atoms with Gasteiger partial charge in [-0.1, -0.05) is 15.9 Å². The van der Waals surface area contributed by atoms with Gasteiger partial charge in [0.05, 0.1) is 13.2 Å². The van der Waals surface area contributed by atoms with Crippen LogP contribution in [0.3, 0.4) is 0 Å². The van der Waals surface area contributed by atoms with Crippen molar-refractivity contribution in [2.45, 2.75) is 25.0 Å². The molecular weight excluding hydrogens is 243 g/mol.